The maximum absolute atomic E-state index is 14.3. The second-order valence-corrected chi connectivity index (χ2v) is 10.1. The van der Waals surface area contributed by atoms with Crippen molar-refractivity contribution in [1.29, 1.82) is 0 Å². The van der Waals surface area contributed by atoms with E-state index >= 15 is 0 Å². The van der Waals surface area contributed by atoms with Crippen molar-refractivity contribution in [3.8, 4) is 22.3 Å². The Morgan fingerprint density at radius 3 is 2.49 bits per heavy atom. The Bertz CT molecular complexity index is 1550. The lowest BCUT2D eigenvalue weighted by atomic mass is 9.91. The Balaban J connectivity index is 1.49. The number of hydrogen-bond acceptors (Lipinski definition) is 7. The number of thiazole rings is 1. The zero-order valence-corrected chi connectivity index (χ0v) is 19.6. The number of pyridine rings is 1. The summed E-state index contributed by atoms with van der Waals surface area (Å²) in [5.74, 6) is -0.595. The summed E-state index contributed by atoms with van der Waals surface area (Å²) in [6, 6.07) is 16.2. The van der Waals surface area contributed by atoms with E-state index in [2.05, 4.69) is 14.7 Å². The average Bonchev–Trinajstić information content (AvgIpc) is 3.58. The monoisotopic (exact) mass is 507 g/mol. The van der Waals surface area contributed by atoms with Crippen molar-refractivity contribution in [3.05, 3.63) is 108 Å². The lowest BCUT2D eigenvalue weighted by Crippen LogP contribution is -2.13. The first-order valence-electron chi connectivity index (χ1n) is 10.4. The summed E-state index contributed by atoms with van der Waals surface area (Å²) in [7, 11) is -3.81. The third kappa shape index (κ3) is 4.72. The van der Waals surface area contributed by atoms with Crippen LogP contribution in [-0.4, -0.2) is 23.5 Å². The average molecular weight is 508 g/mol. The van der Waals surface area contributed by atoms with Crippen LogP contribution in [0.3, 0.4) is 0 Å². The topological polar surface area (TPSA) is 105 Å². The molecule has 3 heterocycles. The molecule has 1 unspecified atom stereocenters. The molecular weight excluding hydrogens is 489 g/mol. The van der Waals surface area contributed by atoms with Gasteiger partial charge in [0.1, 0.15) is 6.10 Å². The molecule has 1 atom stereocenters. The van der Waals surface area contributed by atoms with E-state index in [9.17, 15) is 17.9 Å². The number of furan rings is 1. The zero-order chi connectivity index (χ0) is 24.4. The summed E-state index contributed by atoms with van der Waals surface area (Å²) in [5, 5.41) is 13.1. The number of halogens is 1. The molecule has 0 aliphatic heterocycles. The molecule has 0 radical (unpaired) electrons. The first-order chi connectivity index (χ1) is 16.9. The Morgan fingerprint density at radius 2 is 1.80 bits per heavy atom. The van der Waals surface area contributed by atoms with E-state index in [0.29, 0.717) is 33.4 Å². The van der Waals surface area contributed by atoms with Gasteiger partial charge in [-0.1, -0.05) is 24.3 Å². The smallest absolute Gasteiger partial charge is 0.263 e. The van der Waals surface area contributed by atoms with Gasteiger partial charge in [-0.05, 0) is 58.7 Å². The number of aliphatic hydroxyl groups is 1. The van der Waals surface area contributed by atoms with Gasteiger partial charge >= 0.3 is 0 Å². The molecule has 7 nitrogen and oxygen atoms in total. The van der Waals surface area contributed by atoms with Gasteiger partial charge in [0.15, 0.2) is 5.13 Å². The molecule has 2 aromatic carbocycles. The number of nitrogens with zero attached hydrogens (tertiary/aromatic N) is 2. The van der Waals surface area contributed by atoms with Gasteiger partial charge in [0.2, 0.25) is 5.95 Å². The number of nitrogens with one attached hydrogen (secondary N) is 1. The molecule has 5 aromatic rings. The van der Waals surface area contributed by atoms with Crippen LogP contribution in [0.5, 0.6) is 0 Å². The molecule has 176 valence electrons. The Labute approximate surface area is 204 Å². The van der Waals surface area contributed by atoms with Crippen LogP contribution in [0, 0.1) is 5.95 Å². The van der Waals surface area contributed by atoms with E-state index < -0.39 is 22.1 Å². The van der Waals surface area contributed by atoms with Gasteiger partial charge in [0.05, 0.1) is 17.4 Å². The van der Waals surface area contributed by atoms with Crippen molar-refractivity contribution in [3.63, 3.8) is 0 Å². The largest absolute Gasteiger partial charge is 0.472 e. The molecule has 0 spiro atoms. The van der Waals surface area contributed by atoms with Gasteiger partial charge in [-0.15, -0.1) is 11.3 Å². The fourth-order valence-electron chi connectivity index (χ4n) is 3.69. The van der Waals surface area contributed by atoms with Crippen molar-refractivity contribution in [1.82, 2.24) is 9.97 Å². The minimum Gasteiger partial charge on any atom is -0.472 e. The summed E-state index contributed by atoms with van der Waals surface area (Å²) in [5.41, 5.74) is 3.32. The van der Waals surface area contributed by atoms with Crippen LogP contribution in [0.2, 0.25) is 0 Å². The first kappa shape index (κ1) is 22.9. The summed E-state index contributed by atoms with van der Waals surface area (Å²) in [4.78, 5) is 7.69. The van der Waals surface area contributed by atoms with Crippen LogP contribution in [0.4, 0.5) is 9.52 Å². The molecule has 35 heavy (non-hydrogen) atoms. The van der Waals surface area contributed by atoms with Gasteiger partial charge in [-0.2, -0.15) is 4.39 Å². The van der Waals surface area contributed by atoms with Gasteiger partial charge in [0, 0.05) is 28.9 Å². The quantitative estimate of drug-likeness (QED) is 0.282. The minimum absolute atomic E-state index is 0.0427. The van der Waals surface area contributed by atoms with E-state index in [-0.39, 0.29) is 10.0 Å². The lowest BCUT2D eigenvalue weighted by molar-refractivity contribution is 0.221. The number of benzene rings is 2. The highest BCUT2D eigenvalue weighted by atomic mass is 32.2. The fourth-order valence-corrected chi connectivity index (χ4v) is 5.48. The highest BCUT2D eigenvalue weighted by Gasteiger charge is 2.20. The second-order valence-electron chi connectivity index (χ2n) is 7.57. The third-order valence-corrected chi connectivity index (χ3v) is 7.58. The number of aliphatic hydroxyl groups excluding tert-OH is 1. The Morgan fingerprint density at radius 1 is 0.971 bits per heavy atom. The van der Waals surface area contributed by atoms with E-state index in [0.717, 1.165) is 0 Å². The molecule has 0 aliphatic rings. The number of rotatable bonds is 7. The van der Waals surface area contributed by atoms with Crippen molar-refractivity contribution < 1.29 is 22.3 Å². The molecule has 0 amide bonds. The van der Waals surface area contributed by atoms with Crippen LogP contribution in [0.1, 0.15) is 17.2 Å². The maximum atomic E-state index is 14.3. The van der Waals surface area contributed by atoms with Crippen LogP contribution in [0.15, 0.2) is 100 Å². The highest BCUT2D eigenvalue weighted by molar-refractivity contribution is 7.93. The number of aromatic nitrogens is 2. The van der Waals surface area contributed by atoms with Crippen molar-refractivity contribution in [2.75, 3.05) is 4.72 Å². The van der Waals surface area contributed by atoms with E-state index in [1.807, 2.05) is 0 Å². The number of sulfonamides is 1. The van der Waals surface area contributed by atoms with Crippen LogP contribution in [0.25, 0.3) is 22.3 Å². The number of hydrogen-bond donors (Lipinski definition) is 2. The standard InChI is InChI=1S/C25H18FN3O4S2/c26-24-20(2-1-10-27-24)17-5-8-21(22(14-17)18-9-12-33-15-18)23(30)16-3-6-19(7-4-16)35(31,32)29-25-28-11-13-34-25/h1-15,23,30H,(H,28,29). The number of anilines is 1. The first-order valence-corrected chi connectivity index (χ1v) is 12.8. The predicted octanol–water partition coefficient (Wildman–Crippen LogP) is 5.49. The zero-order valence-electron chi connectivity index (χ0n) is 18.0. The van der Waals surface area contributed by atoms with Crippen LogP contribution < -0.4 is 4.72 Å². The van der Waals surface area contributed by atoms with Crippen LogP contribution >= 0.6 is 11.3 Å². The van der Waals surface area contributed by atoms with Gasteiger partial charge in [0.25, 0.3) is 10.0 Å². The molecule has 10 heteroatoms. The molecular formula is C25H18FN3O4S2. The second kappa shape index (κ2) is 9.41. The molecule has 0 aliphatic carbocycles. The molecule has 2 N–H and O–H groups in total. The summed E-state index contributed by atoms with van der Waals surface area (Å²) < 4.78 is 47.2. The summed E-state index contributed by atoms with van der Waals surface area (Å²) in [6.07, 6.45) is 4.86. The lowest BCUT2D eigenvalue weighted by Gasteiger charge is -2.17. The van der Waals surface area contributed by atoms with Gasteiger partial charge in [-0.3, -0.25) is 4.72 Å². The molecule has 0 bridgehead atoms. The third-order valence-electron chi connectivity index (χ3n) is 5.41. The van der Waals surface area contributed by atoms with E-state index in [4.69, 9.17) is 4.42 Å². The molecule has 0 saturated heterocycles. The van der Waals surface area contributed by atoms with Crippen molar-refractivity contribution in [2.45, 2.75) is 11.0 Å². The SMILES string of the molecule is O=S(=O)(Nc1nccs1)c1ccc(C(O)c2ccc(-c3cccnc3F)cc2-c2ccoc2)cc1. The maximum Gasteiger partial charge on any atom is 0.263 e. The predicted molar refractivity (Wildman–Crippen MR) is 131 cm³/mol. The molecule has 0 saturated carbocycles. The van der Waals surface area contributed by atoms with Gasteiger partial charge < -0.3 is 9.52 Å². The highest BCUT2D eigenvalue weighted by Crippen LogP contribution is 2.36. The van der Waals surface area contributed by atoms with Gasteiger partial charge in [-0.25, -0.2) is 18.4 Å². The summed E-state index contributed by atoms with van der Waals surface area (Å²) in [6.45, 7) is 0. The molecule has 5 rings (SSSR count). The van der Waals surface area contributed by atoms with E-state index in [1.54, 1.807) is 53.9 Å². The normalized spacial score (nSPS) is 12.4. The van der Waals surface area contributed by atoms with E-state index in [1.165, 1.54) is 48.4 Å². The fraction of sp³-hybridized carbons (Fsp3) is 0.0400. The molecule has 3 aromatic heterocycles. The minimum atomic E-state index is -3.81. The summed E-state index contributed by atoms with van der Waals surface area (Å²) >= 11 is 1.17. The Hall–Kier alpha value is -3.86. The van der Waals surface area contributed by atoms with Crippen LogP contribution in [-0.2, 0) is 10.0 Å². The van der Waals surface area contributed by atoms with Crippen molar-refractivity contribution in [2.24, 2.45) is 0 Å². The Kier molecular flexibility index (Phi) is 6.16. The molecule has 0 fully saturated rings. The van der Waals surface area contributed by atoms with Crippen molar-refractivity contribution >= 4 is 26.5 Å².